The van der Waals surface area contributed by atoms with E-state index in [0.717, 1.165) is 26.1 Å². The zero-order valence-corrected chi connectivity index (χ0v) is 12.7. The van der Waals surface area contributed by atoms with Gasteiger partial charge in [0.15, 0.2) is 5.84 Å². The largest absolute Gasteiger partial charge is 0.409 e. The Hall–Kier alpha value is -1.30. The highest BCUT2D eigenvalue weighted by Crippen LogP contribution is 2.30. The van der Waals surface area contributed by atoms with Crippen LogP contribution in [0.25, 0.3) is 0 Å². The summed E-state index contributed by atoms with van der Waals surface area (Å²) in [5.41, 5.74) is 4.85. The van der Waals surface area contributed by atoms with Crippen LogP contribution in [0, 0.1) is 5.41 Å². The van der Waals surface area contributed by atoms with Gasteiger partial charge in [0, 0.05) is 25.2 Å². The van der Waals surface area contributed by atoms with E-state index in [9.17, 15) is 4.79 Å². The molecule has 0 aliphatic carbocycles. The van der Waals surface area contributed by atoms with E-state index < -0.39 is 5.41 Å². The number of nitrogens with zero attached hydrogens (tertiary/aromatic N) is 3. The zero-order valence-electron chi connectivity index (χ0n) is 12.7. The number of nitrogens with two attached hydrogens (primary N) is 1. The summed E-state index contributed by atoms with van der Waals surface area (Å²) in [5.74, 6) is -0.0135. The summed E-state index contributed by atoms with van der Waals surface area (Å²) in [7, 11) is 0. The number of oxime groups is 1. The van der Waals surface area contributed by atoms with Crippen molar-refractivity contribution in [3.05, 3.63) is 0 Å². The normalized spacial score (nSPS) is 30.9. The molecule has 2 saturated heterocycles. The lowest BCUT2D eigenvalue weighted by atomic mass is 9.83. The SMILES string of the molecule is CCC(C)(C(=O)N1CC2CCCN2CC1C)C(N)=NO. The van der Waals surface area contributed by atoms with Crippen molar-refractivity contribution in [1.29, 1.82) is 0 Å². The molecule has 2 aliphatic heterocycles. The average Bonchev–Trinajstić information content (AvgIpc) is 2.90. The second-order valence-corrected chi connectivity index (χ2v) is 6.27. The fraction of sp³-hybridized carbons (Fsp3) is 0.857. The molecule has 2 fully saturated rings. The topological polar surface area (TPSA) is 82.2 Å². The Bertz CT molecular complexity index is 412. The van der Waals surface area contributed by atoms with E-state index in [-0.39, 0.29) is 17.8 Å². The monoisotopic (exact) mass is 282 g/mol. The summed E-state index contributed by atoms with van der Waals surface area (Å²) >= 11 is 0. The molecule has 0 saturated carbocycles. The summed E-state index contributed by atoms with van der Waals surface area (Å²) < 4.78 is 0. The van der Waals surface area contributed by atoms with Crippen LogP contribution in [0.3, 0.4) is 0 Å². The third kappa shape index (κ3) is 2.37. The van der Waals surface area contributed by atoms with Crippen LogP contribution in [0.4, 0.5) is 0 Å². The van der Waals surface area contributed by atoms with E-state index in [4.69, 9.17) is 10.9 Å². The van der Waals surface area contributed by atoms with Crippen molar-refractivity contribution < 1.29 is 10.0 Å². The van der Waals surface area contributed by atoms with Gasteiger partial charge in [-0.15, -0.1) is 0 Å². The second-order valence-electron chi connectivity index (χ2n) is 6.27. The van der Waals surface area contributed by atoms with E-state index in [2.05, 4.69) is 17.0 Å². The highest BCUT2D eigenvalue weighted by Gasteiger charge is 2.44. The van der Waals surface area contributed by atoms with Crippen LogP contribution in [0.2, 0.25) is 0 Å². The molecule has 0 bridgehead atoms. The lowest BCUT2D eigenvalue weighted by Crippen LogP contribution is -2.61. The Morgan fingerprint density at radius 1 is 1.50 bits per heavy atom. The quantitative estimate of drug-likeness (QED) is 0.348. The van der Waals surface area contributed by atoms with E-state index in [0.29, 0.717) is 12.5 Å². The molecule has 2 aliphatic rings. The van der Waals surface area contributed by atoms with Gasteiger partial charge in [-0.25, -0.2) is 0 Å². The Kier molecular flexibility index (Phi) is 4.22. The number of amidine groups is 1. The third-order valence-corrected chi connectivity index (χ3v) is 5.05. The maximum atomic E-state index is 12.9. The van der Waals surface area contributed by atoms with E-state index in [1.54, 1.807) is 6.92 Å². The Morgan fingerprint density at radius 2 is 2.20 bits per heavy atom. The highest BCUT2D eigenvalue weighted by molar-refractivity contribution is 6.06. The van der Waals surface area contributed by atoms with E-state index in [1.165, 1.54) is 6.42 Å². The number of hydrogen-bond donors (Lipinski definition) is 2. The first kappa shape index (κ1) is 15.1. The van der Waals surface area contributed by atoms with Crippen molar-refractivity contribution in [1.82, 2.24) is 9.80 Å². The number of amides is 1. The van der Waals surface area contributed by atoms with Crippen LogP contribution < -0.4 is 5.73 Å². The number of piperazine rings is 1. The summed E-state index contributed by atoms with van der Waals surface area (Å²) in [6.07, 6.45) is 2.90. The van der Waals surface area contributed by atoms with Crippen molar-refractivity contribution in [2.24, 2.45) is 16.3 Å². The summed E-state index contributed by atoms with van der Waals surface area (Å²) in [6.45, 7) is 8.56. The molecule has 0 aromatic carbocycles. The van der Waals surface area contributed by atoms with Crippen LogP contribution >= 0.6 is 0 Å². The number of carbonyl (C=O) groups is 1. The van der Waals surface area contributed by atoms with Gasteiger partial charge in [0.25, 0.3) is 0 Å². The molecule has 6 nitrogen and oxygen atoms in total. The van der Waals surface area contributed by atoms with Gasteiger partial charge < -0.3 is 15.8 Å². The van der Waals surface area contributed by atoms with Crippen molar-refractivity contribution in [2.75, 3.05) is 19.6 Å². The zero-order chi connectivity index (χ0) is 14.9. The molecule has 0 spiro atoms. The van der Waals surface area contributed by atoms with Gasteiger partial charge in [-0.1, -0.05) is 12.1 Å². The van der Waals surface area contributed by atoms with Gasteiger partial charge in [-0.05, 0) is 39.7 Å². The molecule has 20 heavy (non-hydrogen) atoms. The van der Waals surface area contributed by atoms with Crippen LogP contribution in [0.1, 0.15) is 40.0 Å². The molecular formula is C14H26N4O2. The fourth-order valence-electron chi connectivity index (χ4n) is 3.34. The standard InChI is InChI=1S/C14H26N4O2/c1-4-14(3,12(15)16-20)13(19)18-9-11-6-5-7-17(11)8-10(18)2/h10-11,20H,4-9H2,1-3H3,(H2,15,16). The maximum Gasteiger partial charge on any atom is 0.236 e. The Balaban J connectivity index is 2.19. The number of carbonyl (C=O) groups excluding carboxylic acids is 1. The van der Waals surface area contributed by atoms with Crippen molar-refractivity contribution >= 4 is 11.7 Å². The first-order valence-electron chi connectivity index (χ1n) is 7.47. The Labute approximate surface area is 120 Å². The summed E-state index contributed by atoms with van der Waals surface area (Å²) in [4.78, 5) is 17.3. The molecule has 2 rings (SSSR count). The molecule has 6 heteroatoms. The van der Waals surface area contributed by atoms with E-state index in [1.807, 2.05) is 11.8 Å². The average molecular weight is 282 g/mol. The summed E-state index contributed by atoms with van der Waals surface area (Å²) in [5, 5.41) is 12.0. The molecule has 0 aromatic rings. The number of rotatable bonds is 3. The van der Waals surface area contributed by atoms with Gasteiger partial charge in [-0.3, -0.25) is 9.69 Å². The van der Waals surface area contributed by atoms with Crippen LogP contribution in [-0.2, 0) is 4.79 Å². The van der Waals surface area contributed by atoms with Gasteiger partial charge >= 0.3 is 0 Å². The molecule has 0 aromatic heterocycles. The van der Waals surface area contributed by atoms with Crippen LogP contribution in [-0.4, -0.2) is 58.5 Å². The molecular weight excluding hydrogens is 256 g/mol. The van der Waals surface area contributed by atoms with Crippen molar-refractivity contribution in [2.45, 2.75) is 52.1 Å². The molecule has 114 valence electrons. The lowest BCUT2D eigenvalue weighted by molar-refractivity contribution is -0.143. The van der Waals surface area contributed by atoms with Gasteiger partial charge in [0.2, 0.25) is 5.91 Å². The summed E-state index contributed by atoms with van der Waals surface area (Å²) in [6, 6.07) is 0.651. The number of fused-ring (bicyclic) bond motifs is 1. The maximum absolute atomic E-state index is 12.9. The molecule has 3 unspecified atom stereocenters. The minimum Gasteiger partial charge on any atom is -0.409 e. The number of hydrogen-bond acceptors (Lipinski definition) is 4. The van der Waals surface area contributed by atoms with Crippen molar-refractivity contribution in [3.63, 3.8) is 0 Å². The molecule has 3 N–H and O–H groups in total. The molecule has 2 heterocycles. The van der Waals surface area contributed by atoms with Crippen molar-refractivity contribution in [3.8, 4) is 0 Å². The highest BCUT2D eigenvalue weighted by atomic mass is 16.4. The predicted octanol–water partition coefficient (Wildman–Crippen LogP) is 0.844. The molecule has 1 amide bonds. The smallest absolute Gasteiger partial charge is 0.236 e. The van der Waals surface area contributed by atoms with Gasteiger partial charge in [-0.2, -0.15) is 0 Å². The molecule has 0 radical (unpaired) electrons. The van der Waals surface area contributed by atoms with Crippen LogP contribution in [0.5, 0.6) is 0 Å². The predicted molar refractivity (Wildman–Crippen MR) is 77.6 cm³/mol. The minimum absolute atomic E-state index is 0.00560. The first-order chi connectivity index (χ1) is 9.43. The van der Waals surface area contributed by atoms with Crippen LogP contribution in [0.15, 0.2) is 5.16 Å². The second kappa shape index (κ2) is 5.60. The molecule has 3 atom stereocenters. The lowest BCUT2D eigenvalue weighted by Gasteiger charge is -2.45. The van der Waals surface area contributed by atoms with Gasteiger partial charge in [0.05, 0.1) is 0 Å². The fourth-order valence-corrected chi connectivity index (χ4v) is 3.34. The Morgan fingerprint density at radius 3 is 2.80 bits per heavy atom. The third-order valence-electron chi connectivity index (χ3n) is 5.05. The first-order valence-corrected chi connectivity index (χ1v) is 7.47. The van der Waals surface area contributed by atoms with Gasteiger partial charge in [0.1, 0.15) is 5.41 Å². The van der Waals surface area contributed by atoms with E-state index >= 15 is 0 Å². The minimum atomic E-state index is -0.913.